The molecule has 1 saturated heterocycles. The van der Waals surface area contributed by atoms with Crippen LogP contribution in [-0.4, -0.2) is 36.2 Å². The molecule has 0 bridgehead atoms. The highest BCUT2D eigenvalue weighted by molar-refractivity contribution is 5.99. The van der Waals surface area contributed by atoms with Gasteiger partial charge >= 0.3 is 0 Å². The van der Waals surface area contributed by atoms with Gasteiger partial charge in [0, 0.05) is 18.8 Å². The van der Waals surface area contributed by atoms with Crippen LogP contribution in [0.2, 0.25) is 0 Å². The molecular weight excluding hydrogens is 235 g/mol. The number of aliphatic hydroxyl groups excluding tert-OH is 1. The number of fused-ring (bicyclic) bond motifs is 1. The summed E-state index contributed by atoms with van der Waals surface area (Å²) in [6.07, 6.45) is 0.727. The fourth-order valence-corrected chi connectivity index (χ4v) is 2.67. The summed E-state index contributed by atoms with van der Waals surface area (Å²) < 4.78 is 13.2. The van der Waals surface area contributed by atoms with Crippen molar-refractivity contribution in [3.63, 3.8) is 0 Å². The van der Waals surface area contributed by atoms with Crippen molar-refractivity contribution in [2.24, 2.45) is 0 Å². The molecule has 0 spiro atoms. The maximum atomic E-state index is 13.2. The molecular formula is C13H15FN2O2. The van der Waals surface area contributed by atoms with Crippen molar-refractivity contribution >= 4 is 11.6 Å². The minimum absolute atomic E-state index is 0.0732. The Balaban J connectivity index is 1.83. The van der Waals surface area contributed by atoms with Crippen molar-refractivity contribution in [3.8, 4) is 0 Å². The van der Waals surface area contributed by atoms with E-state index in [0.717, 1.165) is 12.0 Å². The number of anilines is 1. The molecule has 0 saturated carbocycles. The van der Waals surface area contributed by atoms with Crippen molar-refractivity contribution in [2.75, 3.05) is 18.0 Å². The summed E-state index contributed by atoms with van der Waals surface area (Å²) in [6, 6.07) is 4.21. The largest absolute Gasteiger partial charge is 0.392 e. The van der Waals surface area contributed by atoms with Gasteiger partial charge in [0.15, 0.2) is 0 Å². The van der Waals surface area contributed by atoms with E-state index in [-0.39, 0.29) is 17.8 Å². The van der Waals surface area contributed by atoms with Crippen LogP contribution in [0.4, 0.5) is 10.1 Å². The fourth-order valence-electron chi connectivity index (χ4n) is 2.67. The van der Waals surface area contributed by atoms with E-state index in [4.69, 9.17) is 0 Å². The van der Waals surface area contributed by atoms with Crippen molar-refractivity contribution in [3.05, 3.63) is 29.6 Å². The average molecular weight is 250 g/mol. The molecule has 1 fully saturated rings. The standard InChI is InChI=1S/C13H15FN2O2/c14-9-2-1-8-3-4-16(12(8)5-9)13(18)11-6-10(17)7-15-11/h1-2,5,10-11,15,17H,3-4,6-7H2. The lowest BCUT2D eigenvalue weighted by Crippen LogP contribution is -2.43. The highest BCUT2D eigenvalue weighted by Crippen LogP contribution is 2.29. The molecule has 96 valence electrons. The molecule has 3 rings (SSSR count). The first-order chi connectivity index (χ1) is 8.65. The molecule has 0 aromatic heterocycles. The van der Waals surface area contributed by atoms with Gasteiger partial charge in [0.05, 0.1) is 12.1 Å². The monoisotopic (exact) mass is 250 g/mol. The Morgan fingerprint density at radius 1 is 1.50 bits per heavy atom. The van der Waals surface area contributed by atoms with E-state index in [0.29, 0.717) is 25.2 Å². The van der Waals surface area contributed by atoms with Crippen LogP contribution in [0.15, 0.2) is 18.2 Å². The van der Waals surface area contributed by atoms with Gasteiger partial charge in [-0.1, -0.05) is 6.07 Å². The van der Waals surface area contributed by atoms with Crippen LogP contribution >= 0.6 is 0 Å². The molecule has 2 atom stereocenters. The number of hydrogen-bond donors (Lipinski definition) is 2. The van der Waals surface area contributed by atoms with E-state index >= 15 is 0 Å². The van der Waals surface area contributed by atoms with Gasteiger partial charge in [-0.3, -0.25) is 4.79 Å². The zero-order chi connectivity index (χ0) is 12.7. The Hall–Kier alpha value is -1.46. The first kappa shape index (κ1) is 11.6. The van der Waals surface area contributed by atoms with Crippen LogP contribution in [0.1, 0.15) is 12.0 Å². The number of hydrogen-bond acceptors (Lipinski definition) is 3. The summed E-state index contributed by atoms with van der Waals surface area (Å²) in [7, 11) is 0. The third-order valence-corrected chi connectivity index (χ3v) is 3.61. The maximum absolute atomic E-state index is 13.2. The number of halogens is 1. The van der Waals surface area contributed by atoms with Crippen LogP contribution in [0, 0.1) is 5.82 Å². The minimum atomic E-state index is -0.464. The van der Waals surface area contributed by atoms with Gasteiger partial charge in [-0.25, -0.2) is 4.39 Å². The molecule has 0 radical (unpaired) electrons. The molecule has 2 aliphatic heterocycles. The number of rotatable bonds is 1. The van der Waals surface area contributed by atoms with E-state index in [1.807, 2.05) is 0 Å². The molecule has 1 amide bonds. The molecule has 5 heteroatoms. The highest BCUT2D eigenvalue weighted by Gasteiger charge is 2.34. The van der Waals surface area contributed by atoms with Crippen LogP contribution < -0.4 is 10.2 Å². The highest BCUT2D eigenvalue weighted by atomic mass is 19.1. The molecule has 2 unspecified atom stereocenters. The number of carbonyl (C=O) groups is 1. The van der Waals surface area contributed by atoms with Gasteiger partial charge in [-0.15, -0.1) is 0 Å². The van der Waals surface area contributed by atoms with Crippen molar-refractivity contribution in [1.29, 1.82) is 0 Å². The number of aliphatic hydroxyl groups is 1. The number of carbonyl (C=O) groups excluding carboxylic acids is 1. The van der Waals surface area contributed by atoms with Crippen molar-refractivity contribution < 1.29 is 14.3 Å². The summed E-state index contributed by atoms with van der Waals surface area (Å²) in [5.74, 6) is -0.399. The van der Waals surface area contributed by atoms with Crippen LogP contribution in [-0.2, 0) is 11.2 Å². The van der Waals surface area contributed by atoms with Gasteiger partial charge in [-0.05, 0) is 30.5 Å². The molecule has 2 N–H and O–H groups in total. The SMILES string of the molecule is O=C(C1CC(O)CN1)N1CCc2ccc(F)cc21. The summed E-state index contributed by atoms with van der Waals surface area (Å²) in [6.45, 7) is 1.03. The summed E-state index contributed by atoms with van der Waals surface area (Å²) in [4.78, 5) is 13.9. The number of benzene rings is 1. The second kappa shape index (κ2) is 4.33. The van der Waals surface area contributed by atoms with E-state index in [2.05, 4.69) is 5.32 Å². The van der Waals surface area contributed by atoms with Crippen LogP contribution in [0.25, 0.3) is 0 Å². The lowest BCUT2D eigenvalue weighted by Gasteiger charge is -2.21. The Bertz CT molecular complexity index is 492. The van der Waals surface area contributed by atoms with E-state index in [1.54, 1.807) is 11.0 Å². The van der Waals surface area contributed by atoms with Gasteiger partial charge in [-0.2, -0.15) is 0 Å². The van der Waals surface area contributed by atoms with Crippen LogP contribution in [0.5, 0.6) is 0 Å². The second-order valence-electron chi connectivity index (χ2n) is 4.86. The number of amides is 1. The van der Waals surface area contributed by atoms with Gasteiger partial charge in [0.2, 0.25) is 5.91 Å². The Morgan fingerprint density at radius 2 is 2.33 bits per heavy atom. The van der Waals surface area contributed by atoms with E-state index in [9.17, 15) is 14.3 Å². The zero-order valence-electron chi connectivity index (χ0n) is 9.90. The molecule has 4 nitrogen and oxygen atoms in total. The third-order valence-electron chi connectivity index (χ3n) is 3.61. The predicted molar refractivity (Wildman–Crippen MR) is 64.9 cm³/mol. The molecule has 18 heavy (non-hydrogen) atoms. The minimum Gasteiger partial charge on any atom is -0.392 e. The van der Waals surface area contributed by atoms with Crippen molar-refractivity contribution in [2.45, 2.75) is 25.0 Å². The number of β-amino-alcohol motifs (C(OH)–C–C–N with tert-alkyl or cyclic N) is 1. The molecule has 0 aliphatic carbocycles. The molecule has 2 heterocycles. The first-order valence-electron chi connectivity index (χ1n) is 6.16. The molecule has 1 aromatic rings. The van der Waals surface area contributed by atoms with E-state index in [1.165, 1.54) is 12.1 Å². The quantitative estimate of drug-likeness (QED) is 0.760. The Labute approximate surface area is 104 Å². The molecule has 2 aliphatic rings. The van der Waals surface area contributed by atoms with Gasteiger partial charge in [0.1, 0.15) is 5.82 Å². The predicted octanol–water partition coefficient (Wildman–Crippen LogP) is 0.438. The first-order valence-corrected chi connectivity index (χ1v) is 6.16. The zero-order valence-corrected chi connectivity index (χ0v) is 9.90. The van der Waals surface area contributed by atoms with Crippen LogP contribution in [0.3, 0.4) is 0 Å². The Kier molecular flexibility index (Phi) is 2.80. The summed E-state index contributed by atoms with van der Waals surface area (Å²) >= 11 is 0. The fraction of sp³-hybridized carbons (Fsp3) is 0.462. The summed E-state index contributed by atoms with van der Waals surface area (Å²) in [5, 5.41) is 12.4. The van der Waals surface area contributed by atoms with Gasteiger partial charge < -0.3 is 15.3 Å². The second-order valence-corrected chi connectivity index (χ2v) is 4.86. The number of nitrogens with zero attached hydrogens (tertiary/aromatic N) is 1. The normalized spacial score (nSPS) is 26.4. The lowest BCUT2D eigenvalue weighted by atomic mass is 10.1. The lowest BCUT2D eigenvalue weighted by molar-refractivity contribution is -0.120. The van der Waals surface area contributed by atoms with E-state index < -0.39 is 6.10 Å². The summed E-state index contributed by atoms with van der Waals surface area (Å²) in [5.41, 5.74) is 1.67. The third kappa shape index (κ3) is 1.89. The Morgan fingerprint density at radius 3 is 3.06 bits per heavy atom. The average Bonchev–Trinajstić information content (AvgIpc) is 2.94. The van der Waals surface area contributed by atoms with Crippen molar-refractivity contribution in [1.82, 2.24) is 5.32 Å². The smallest absolute Gasteiger partial charge is 0.244 e. The molecule has 1 aromatic carbocycles. The maximum Gasteiger partial charge on any atom is 0.244 e. The topological polar surface area (TPSA) is 52.6 Å². The number of nitrogens with one attached hydrogen (secondary N) is 1. The van der Waals surface area contributed by atoms with Gasteiger partial charge in [0.25, 0.3) is 0 Å².